The number of nitrogen functional groups attached to an aromatic ring is 1. The fourth-order valence-electron chi connectivity index (χ4n) is 4.30. The van der Waals surface area contributed by atoms with Crippen molar-refractivity contribution in [3.05, 3.63) is 32.9 Å². The molecule has 0 saturated carbocycles. The molecule has 3 N–H and O–H groups in total. The van der Waals surface area contributed by atoms with Gasteiger partial charge in [-0.2, -0.15) is 0 Å². The lowest BCUT2D eigenvalue weighted by atomic mass is 10.0. The van der Waals surface area contributed by atoms with Crippen molar-refractivity contribution in [2.75, 3.05) is 43.7 Å². The van der Waals surface area contributed by atoms with Crippen molar-refractivity contribution in [3.63, 3.8) is 0 Å². The van der Waals surface area contributed by atoms with Gasteiger partial charge in [0, 0.05) is 16.7 Å². The predicted octanol–water partition coefficient (Wildman–Crippen LogP) is -1.01. The Balaban J connectivity index is 1.53. The maximum absolute atomic E-state index is 13.1. The number of oxime groups is 1. The van der Waals surface area contributed by atoms with Crippen LogP contribution < -0.4 is 25.6 Å². The van der Waals surface area contributed by atoms with Crippen LogP contribution in [0.1, 0.15) is 28.0 Å². The Bertz CT molecular complexity index is 1430. The second kappa shape index (κ2) is 11.8. The first-order valence-electron chi connectivity index (χ1n) is 11.9. The molecule has 2 aromatic heterocycles. The van der Waals surface area contributed by atoms with Crippen molar-refractivity contribution in [2.24, 2.45) is 12.2 Å². The fraction of sp³-hybridized carbons (Fsp3) is 0.435. The maximum Gasteiger partial charge on any atom is 0.352 e. The van der Waals surface area contributed by atoms with Gasteiger partial charge in [0.1, 0.15) is 36.5 Å². The lowest BCUT2D eigenvalue weighted by molar-refractivity contribution is -0.660. The highest BCUT2D eigenvalue weighted by Gasteiger charge is 2.53. The normalized spacial score (nSPS) is 18.7. The number of amides is 2. The first kappa shape index (κ1) is 29.3. The number of ether oxygens (including phenoxy) is 1. The minimum Gasteiger partial charge on any atom is -0.543 e. The van der Waals surface area contributed by atoms with Gasteiger partial charge in [-0.3, -0.25) is 19.4 Å². The van der Waals surface area contributed by atoms with Gasteiger partial charge in [0.15, 0.2) is 15.7 Å². The number of fused-ring (bicyclic) bond motifs is 1. The summed E-state index contributed by atoms with van der Waals surface area (Å²) in [4.78, 5) is 62.8. The lowest BCUT2D eigenvalue weighted by Crippen LogP contribution is -2.71. The van der Waals surface area contributed by atoms with Crippen molar-refractivity contribution in [3.8, 4) is 0 Å². The molecule has 40 heavy (non-hydrogen) atoms. The largest absolute Gasteiger partial charge is 0.543 e. The van der Waals surface area contributed by atoms with Gasteiger partial charge < -0.3 is 30.5 Å². The average molecular weight is 610 g/mol. The summed E-state index contributed by atoms with van der Waals surface area (Å²) in [5.74, 6) is -2.96. The Morgan fingerprint density at radius 3 is 2.73 bits per heavy atom. The standard InChI is InChI=1S/C23H27N7O7S3/c1-6-37-21(35)16-10(2)29(4)23(40-16)28(3)7-11-8-38-19-14(18(32)30(19)15(11)20(33)34)26-17(31)13(27-36-5)12-9-39-22(24)25-12/h9,14,19H,6-8H2,1-5H3,(H3-,24,25,26,31,33,34)/b27-13+/t14?,19-/m1/s1. The second-order valence-electron chi connectivity index (χ2n) is 8.73. The van der Waals surface area contributed by atoms with Crippen LogP contribution in [0, 0.1) is 6.92 Å². The lowest BCUT2D eigenvalue weighted by Gasteiger charge is -2.50. The van der Waals surface area contributed by atoms with Crippen molar-refractivity contribution in [2.45, 2.75) is 25.3 Å². The van der Waals surface area contributed by atoms with Gasteiger partial charge in [0.05, 0.1) is 32.4 Å². The van der Waals surface area contributed by atoms with Crippen LogP contribution >= 0.6 is 34.4 Å². The van der Waals surface area contributed by atoms with E-state index in [-0.39, 0.29) is 41.1 Å². The number of nitrogens with zero attached hydrogens (tertiary/aromatic N) is 5. The quantitative estimate of drug-likeness (QED) is 0.111. The number of rotatable bonds is 10. The van der Waals surface area contributed by atoms with Crippen LogP contribution in [-0.2, 0) is 31.0 Å². The van der Waals surface area contributed by atoms with E-state index >= 15 is 0 Å². The number of carbonyl (C=O) groups excluding carboxylic acids is 4. The van der Waals surface area contributed by atoms with E-state index in [0.29, 0.717) is 21.3 Å². The summed E-state index contributed by atoms with van der Waals surface area (Å²) in [6.45, 7) is 3.94. The minimum atomic E-state index is -1.50. The van der Waals surface area contributed by atoms with Gasteiger partial charge in [-0.15, -0.1) is 23.1 Å². The summed E-state index contributed by atoms with van der Waals surface area (Å²) in [7, 11) is 4.83. The summed E-state index contributed by atoms with van der Waals surface area (Å²) in [5, 5.41) is 20.3. The number of carboxylic acid groups (broad SMARTS) is 1. The third-order valence-electron chi connectivity index (χ3n) is 6.22. The maximum atomic E-state index is 13.1. The molecule has 1 saturated heterocycles. The Morgan fingerprint density at radius 1 is 1.40 bits per heavy atom. The number of hydrogen-bond donors (Lipinski definition) is 2. The number of nitrogens with one attached hydrogen (secondary N) is 1. The number of nitrogens with two attached hydrogens (primary N) is 1. The van der Waals surface area contributed by atoms with Crippen LogP contribution in [0.3, 0.4) is 0 Å². The number of anilines is 2. The van der Waals surface area contributed by atoms with E-state index in [0.717, 1.165) is 16.2 Å². The van der Waals surface area contributed by atoms with Crippen LogP contribution in [-0.4, -0.2) is 83.8 Å². The number of thioether (sulfide) groups is 1. The SMILES string of the molecule is CCOC(=O)c1sc(N(C)CC2=C(C(=O)[O-])N3C(=O)C(NC(=O)/C(=N/OC)c4csc(N)n4)[C@H]3SC2)[n+](C)c1C. The summed E-state index contributed by atoms with van der Waals surface area (Å²) in [6.07, 6.45) is 0. The number of likely N-dealkylation sites (N-methyl/N-ethyl adjacent to an activating group) is 1. The molecule has 2 aliphatic rings. The Morgan fingerprint density at radius 2 is 2.12 bits per heavy atom. The first-order valence-corrected chi connectivity index (χ1v) is 14.6. The Kier molecular flexibility index (Phi) is 8.65. The van der Waals surface area contributed by atoms with Crippen molar-refractivity contribution in [1.29, 1.82) is 0 Å². The zero-order valence-electron chi connectivity index (χ0n) is 22.2. The van der Waals surface area contributed by atoms with E-state index in [4.69, 9.17) is 15.3 Å². The van der Waals surface area contributed by atoms with E-state index in [1.165, 1.54) is 35.6 Å². The number of aliphatic carboxylic acids is 1. The van der Waals surface area contributed by atoms with Gasteiger partial charge in [-0.05, 0) is 25.2 Å². The van der Waals surface area contributed by atoms with E-state index < -0.39 is 35.2 Å². The van der Waals surface area contributed by atoms with Crippen LogP contribution in [0.25, 0.3) is 0 Å². The highest BCUT2D eigenvalue weighted by molar-refractivity contribution is 8.00. The predicted molar refractivity (Wildman–Crippen MR) is 147 cm³/mol. The molecule has 214 valence electrons. The van der Waals surface area contributed by atoms with E-state index in [1.54, 1.807) is 32.8 Å². The van der Waals surface area contributed by atoms with Crippen molar-refractivity contribution >= 4 is 74.2 Å². The molecule has 2 aliphatic heterocycles. The molecule has 0 bridgehead atoms. The summed E-state index contributed by atoms with van der Waals surface area (Å²) in [6, 6.07) is -0.992. The number of thiazole rings is 2. The van der Waals surface area contributed by atoms with Gasteiger partial charge in [-0.25, -0.2) is 14.3 Å². The number of carboxylic acids is 1. The molecule has 2 aromatic rings. The first-order chi connectivity index (χ1) is 19.0. The van der Waals surface area contributed by atoms with Crippen LogP contribution in [0.2, 0.25) is 0 Å². The average Bonchev–Trinajstić information content (AvgIpc) is 3.47. The summed E-state index contributed by atoms with van der Waals surface area (Å²) < 4.78 is 6.96. The molecule has 14 nitrogen and oxygen atoms in total. The number of carbonyl (C=O) groups is 4. The van der Waals surface area contributed by atoms with Gasteiger partial charge >= 0.3 is 11.1 Å². The van der Waals surface area contributed by atoms with E-state index in [2.05, 4.69) is 15.5 Å². The van der Waals surface area contributed by atoms with Crippen molar-refractivity contribution in [1.82, 2.24) is 15.2 Å². The molecular formula is C23H27N7O7S3. The topological polar surface area (TPSA) is 183 Å². The van der Waals surface area contributed by atoms with E-state index in [1.807, 2.05) is 4.57 Å². The van der Waals surface area contributed by atoms with Gasteiger partial charge in [0.25, 0.3) is 11.8 Å². The summed E-state index contributed by atoms with van der Waals surface area (Å²) >= 11 is 3.66. The number of aromatic nitrogens is 2. The number of hydrogen-bond acceptors (Lipinski definition) is 14. The monoisotopic (exact) mass is 609 g/mol. The van der Waals surface area contributed by atoms with Crippen LogP contribution in [0.15, 0.2) is 21.8 Å². The third-order valence-corrected chi connectivity index (χ3v) is 9.66. The molecular weight excluding hydrogens is 582 g/mol. The zero-order chi connectivity index (χ0) is 29.3. The number of β-lactam (4-membered cyclic amide) rings is 1. The summed E-state index contributed by atoms with van der Waals surface area (Å²) in [5.41, 5.74) is 6.62. The Labute approximate surface area is 241 Å². The molecule has 0 spiro atoms. The van der Waals surface area contributed by atoms with Crippen LogP contribution in [0.5, 0.6) is 0 Å². The zero-order valence-corrected chi connectivity index (χ0v) is 24.7. The van der Waals surface area contributed by atoms with Gasteiger partial charge in [0.2, 0.25) is 0 Å². The Hall–Kier alpha value is -3.70. The molecule has 1 fully saturated rings. The highest BCUT2D eigenvalue weighted by atomic mass is 32.2. The highest BCUT2D eigenvalue weighted by Crippen LogP contribution is 2.40. The minimum absolute atomic E-state index is 0.162. The molecule has 4 rings (SSSR count). The van der Waals surface area contributed by atoms with Crippen molar-refractivity contribution < 1.29 is 38.4 Å². The molecule has 2 amide bonds. The fourth-order valence-corrected chi connectivity index (χ4v) is 7.29. The smallest absolute Gasteiger partial charge is 0.352 e. The molecule has 4 heterocycles. The molecule has 17 heteroatoms. The van der Waals surface area contributed by atoms with E-state index in [9.17, 15) is 24.3 Å². The molecule has 0 radical (unpaired) electrons. The second-order valence-corrected chi connectivity index (χ2v) is 11.7. The van der Waals surface area contributed by atoms with Crippen LogP contribution in [0.4, 0.5) is 10.3 Å². The molecule has 0 aliphatic carbocycles. The molecule has 1 unspecified atom stereocenters. The number of esters is 1. The third kappa shape index (κ3) is 5.35. The molecule has 2 atom stereocenters. The molecule has 0 aromatic carbocycles. The van der Waals surface area contributed by atoms with Gasteiger partial charge in [-0.1, -0.05) is 5.16 Å².